The highest BCUT2D eigenvalue weighted by Gasteiger charge is 2.20. The molecule has 0 saturated carbocycles. The summed E-state index contributed by atoms with van der Waals surface area (Å²) in [5.41, 5.74) is 0.988. The number of hydrogen-bond acceptors (Lipinski definition) is 6. The average molecular weight is 493 g/mol. The number of nitrogens with zero attached hydrogens (tertiary/aromatic N) is 4. The summed E-state index contributed by atoms with van der Waals surface area (Å²) in [4.78, 5) is 9.44. The van der Waals surface area contributed by atoms with E-state index in [2.05, 4.69) is 27.2 Å². The van der Waals surface area contributed by atoms with E-state index in [1.807, 2.05) is 6.07 Å². The van der Waals surface area contributed by atoms with Crippen molar-refractivity contribution in [2.75, 3.05) is 59.1 Å². The lowest BCUT2D eigenvalue weighted by Gasteiger charge is -2.36. The van der Waals surface area contributed by atoms with E-state index in [1.165, 1.54) is 0 Å². The number of aliphatic imine (C=N–C) groups is 1. The van der Waals surface area contributed by atoms with Crippen LogP contribution in [0.3, 0.4) is 0 Å². The zero-order valence-corrected chi connectivity index (χ0v) is 18.5. The Hall–Kier alpha value is -0.910. The van der Waals surface area contributed by atoms with Gasteiger partial charge >= 0.3 is 0 Å². The third kappa shape index (κ3) is 7.55. The number of halogens is 1. The summed E-state index contributed by atoms with van der Waals surface area (Å²) >= 11 is 0. The highest BCUT2D eigenvalue weighted by molar-refractivity contribution is 14.0. The third-order valence-corrected chi connectivity index (χ3v) is 4.71. The second kappa shape index (κ2) is 12.5. The van der Waals surface area contributed by atoms with Crippen molar-refractivity contribution in [1.82, 2.24) is 20.3 Å². The van der Waals surface area contributed by atoms with Gasteiger partial charge in [0.2, 0.25) is 0 Å². The predicted molar refractivity (Wildman–Crippen MR) is 115 cm³/mol. The number of rotatable bonds is 8. The third-order valence-electron chi connectivity index (χ3n) is 4.71. The summed E-state index contributed by atoms with van der Waals surface area (Å²) in [7, 11) is 0. The van der Waals surface area contributed by atoms with E-state index in [9.17, 15) is 0 Å². The van der Waals surface area contributed by atoms with Crippen LogP contribution in [0.15, 0.2) is 21.8 Å². The number of nitrogens with one attached hydrogen (secondary N) is 1. The van der Waals surface area contributed by atoms with Crippen LogP contribution in [0.2, 0.25) is 0 Å². The molecule has 8 nitrogen and oxygen atoms in total. The van der Waals surface area contributed by atoms with Gasteiger partial charge in [-0.2, -0.15) is 0 Å². The van der Waals surface area contributed by atoms with Crippen LogP contribution in [0.5, 0.6) is 0 Å². The fraction of sp³-hybridized carbons (Fsp3) is 0.778. The van der Waals surface area contributed by atoms with E-state index in [-0.39, 0.29) is 30.1 Å². The zero-order valence-electron chi connectivity index (χ0n) is 16.1. The van der Waals surface area contributed by atoms with Crippen molar-refractivity contribution >= 4 is 29.9 Å². The fourth-order valence-corrected chi connectivity index (χ4v) is 3.30. The van der Waals surface area contributed by atoms with Crippen LogP contribution in [0.4, 0.5) is 0 Å². The Balaban J connectivity index is 0.00000261. The molecule has 0 radical (unpaired) electrons. The molecule has 1 atom stereocenters. The van der Waals surface area contributed by atoms with Crippen molar-refractivity contribution in [3.63, 3.8) is 0 Å². The predicted octanol–water partition coefficient (Wildman–Crippen LogP) is 1.57. The number of aromatic nitrogens is 1. The van der Waals surface area contributed by atoms with Gasteiger partial charge in [0.05, 0.1) is 31.6 Å². The minimum atomic E-state index is 0. The number of piperazine rings is 1. The van der Waals surface area contributed by atoms with Gasteiger partial charge < -0.3 is 24.2 Å². The maximum Gasteiger partial charge on any atom is 0.194 e. The smallest absolute Gasteiger partial charge is 0.194 e. The van der Waals surface area contributed by atoms with Crippen LogP contribution >= 0.6 is 24.0 Å². The monoisotopic (exact) mass is 493 g/mol. The van der Waals surface area contributed by atoms with Crippen molar-refractivity contribution in [1.29, 1.82) is 0 Å². The molecule has 2 aliphatic rings. The van der Waals surface area contributed by atoms with Gasteiger partial charge in [-0.1, -0.05) is 5.16 Å². The molecule has 2 fully saturated rings. The maximum absolute atomic E-state index is 5.71. The van der Waals surface area contributed by atoms with Crippen LogP contribution in [-0.4, -0.2) is 86.1 Å². The largest absolute Gasteiger partial charge is 0.377 e. The summed E-state index contributed by atoms with van der Waals surface area (Å²) < 4.78 is 16.2. The minimum absolute atomic E-state index is 0. The van der Waals surface area contributed by atoms with Crippen LogP contribution < -0.4 is 5.32 Å². The lowest BCUT2D eigenvalue weighted by Crippen LogP contribution is -2.52. The topological polar surface area (TPSA) is 75.4 Å². The first-order chi connectivity index (χ1) is 12.8. The second-order valence-electron chi connectivity index (χ2n) is 6.70. The molecule has 0 aliphatic carbocycles. The van der Waals surface area contributed by atoms with Gasteiger partial charge in [0.1, 0.15) is 6.26 Å². The molecule has 0 amide bonds. The highest BCUT2D eigenvalue weighted by atomic mass is 127. The summed E-state index contributed by atoms with van der Waals surface area (Å²) in [6.07, 6.45) is 4.18. The SMILES string of the molecule is CCNC(=NCCOCC1CCCO1)N1CCN(Cc2ccon2)CC1.I. The molecule has 0 spiro atoms. The first-order valence-electron chi connectivity index (χ1n) is 9.69. The molecule has 3 rings (SSSR count). The Kier molecular flexibility index (Phi) is 10.4. The quantitative estimate of drug-likeness (QED) is 0.255. The Bertz CT molecular complexity index is 529. The molecule has 1 aromatic rings. The Morgan fingerprint density at radius 2 is 2.22 bits per heavy atom. The first-order valence-corrected chi connectivity index (χ1v) is 9.69. The minimum Gasteiger partial charge on any atom is -0.377 e. The summed E-state index contributed by atoms with van der Waals surface area (Å²) in [5, 5.41) is 7.39. The first kappa shape index (κ1) is 22.4. The molecule has 1 N–H and O–H groups in total. The van der Waals surface area contributed by atoms with E-state index in [1.54, 1.807) is 6.26 Å². The van der Waals surface area contributed by atoms with Gasteiger partial charge in [-0.15, -0.1) is 24.0 Å². The number of ether oxygens (including phenoxy) is 2. The molecule has 3 heterocycles. The van der Waals surface area contributed by atoms with Crippen molar-refractivity contribution in [3.05, 3.63) is 18.0 Å². The summed E-state index contributed by atoms with van der Waals surface area (Å²) in [6, 6.07) is 1.93. The summed E-state index contributed by atoms with van der Waals surface area (Å²) in [5.74, 6) is 0.981. The molecular formula is C18H32IN5O3. The van der Waals surface area contributed by atoms with E-state index >= 15 is 0 Å². The molecule has 1 unspecified atom stereocenters. The van der Waals surface area contributed by atoms with Crippen molar-refractivity contribution in [2.24, 2.45) is 4.99 Å². The molecule has 154 valence electrons. The normalized spacial score (nSPS) is 21.3. The van der Waals surface area contributed by atoms with Gasteiger partial charge in [0.15, 0.2) is 5.96 Å². The van der Waals surface area contributed by atoms with E-state index in [0.29, 0.717) is 19.8 Å². The second-order valence-corrected chi connectivity index (χ2v) is 6.70. The Morgan fingerprint density at radius 1 is 1.37 bits per heavy atom. The van der Waals surface area contributed by atoms with Gasteiger partial charge in [0, 0.05) is 51.9 Å². The van der Waals surface area contributed by atoms with Crippen LogP contribution in [-0.2, 0) is 16.0 Å². The number of hydrogen-bond donors (Lipinski definition) is 1. The highest BCUT2D eigenvalue weighted by Crippen LogP contribution is 2.11. The summed E-state index contributed by atoms with van der Waals surface area (Å²) in [6.45, 7) is 10.6. The molecule has 27 heavy (non-hydrogen) atoms. The van der Waals surface area contributed by atoms with Crippen molar-refractivity contribution in [3.8, 4) is 0 Å². The van der Waals surface area contributed by atoms with Crippen LogP contribution in [0.1, 0.15) is 25.5 Å². The molecule has 0 aromatic carbocycles. The van der Waals surface area contributed by atoms with Crippen LogP contribution in [0, 0.1) is 0 Å². The van der Waals surface area contributed by atoms with Gasteiger partial charge in [-0.05, 0) is 19.8 Å². The van der Waals surface area contributed by atoms with E-state index in [0.717, 1.165) is 70.4 Å². The van der Waals surface area contributed by atoms with Gasteiger partial charge in [0.25, 0.3) is 0 Å². The standard InChI is InChI=1S/C18H31N5O3.HI/c1-2-19-18(20-6-13-24-15-17-4-3-11-25-17)23-9-7-22(8-10-23)14-16-5-12-26-21-16;/h5,12,17H,2-4,6-11,13-15H2,1H3,(H,19,20);1H. The lowest BCUT2D eigenvalue weighted by atomic mass is 10.2. The van der Waals surface area contributed by atoms with Crippen molar-refractivity contribution < 1.29 is 14.0 Å². The Morgan fingerprint density at radius 3 is 2.89 bits per heavy atom. The molecular weight excluding hydrogens is 461 g/mol. The van der Waals surface area contributed by atoms with Crippen molar-refractivity contribution in [2.45, 2.75) is 32.4 Å². The fourth-order valence-electron chi connectivity index (χ4n) is 3.30. The van der Waals surface area contributed by atoms with Gasteiger partial charge in [-0.25, -0.2) is 0 Å². The van der Waals surface area contributed by atoms with E-state index < -0.39 is 0 Å². The average Bonchev–Trinajstić information content (AvgIpc) is 3.35. The maximum atomic E-state index is 5.71. The molecule has 0 bridgehead atoms. The van der Waals surface area contributed by atoms with Crippen LogP contribution in [0.25, 0.3) is 0 Å². The zero-order chi connectivity index (χ0) is 18.0. The molecule has 2 aliphatic heterocycles. The van der Waals surface area contributed by atoms with E-state index in [4.69, 9.17) is 19.0 Å². The molecule has 1 aromatic heterocycles. The lowest BCUT2D eigenvalue weighted by molar-refractivity contribution is 0.0199. The van der Waals surface area contributed by atoms with Gasteiger partial charge in [-0.3, -0.25) is 9.89 Å². The number of guanidine groups is 1. The Labute approximate surface area is 178 Å². The molecule has 2 saturated heterocycles. The molecule has 9 heteroatoms.